The number of likely N-dealkylation sites (tertiary alicyclic amines) is 1. The highest BCUT2D eigenvalue weighted by Crippen LogP contribution is 2.19. The van der Waals surface area contributed by atoms with Gasteiger partial charge in [0.1, 0.15) is 5.75 Å². The highest BCUT2D eigenvalue weighted by Gasteiger charge is 2.18. The molecule has 1 saturated heterocycles. The van der Waals surface area contributed by atoms with Gasteiger partial charge in [0, 0.05) is 24.3 Å². The Morgan fingerprint density at radius 1 is 1.50 bits per heavy atom. The fourth-order valence-electron chi connectivity index (χ4n) is 2.49. The molecule has 1 heterocycles. The van der Waals surface area contributed by atoms with E-state index in [1.165, 1.54) is 25.8 Å². The first-order valence-corrected chi connectivity index (χ1v) is 7.10. The third-order valence-electron chi connectivity index (χ3n) is 3.68. The zero-order valence-corrected chi connectivity index (χ0v) is 12.0. The second-order valence-electron chi connectivity index (χ2n) is 5.29. The van der Waals surface area contributed by atoms with Crippen LogP contribution in [0.25, 0.3) is 0 Å². The highest BCUT2D eigenvalue weighted by atomic mass is 16.5. The predicted octanol–water partition coefficient (Wildman–Crippen LogP) is 1.45. The van der Waals surface area contributed by atoms with E-state index in [-0.39, 0.29) is 6.61 Å². The van der Waals surface area contributed by atoms with Gasteiger partial charge in [0.05, 0.1) is 0 Å². The summed E-state index contributed by atoms with van der Waals surface area (Å²) < 4.78 is 5.30. The maximum Gasteiger partial charge on any atom is 0.255 e. The number of likely N-dealkylation sites (N-methyl/N-ethyl adjacent to an activating group) is 1. The second kappa shape index (κ2) is 7.14. The van der Waals surface area contributed by atoms with Gasteiger partial charge in [-0.05, 0) is 38.6 Å². The molecule has 3 N–H and O–H groups in total. The van der Waals surface area contributed by atoms with Gasteiger partial charge >= 0.3 is 0 Å². The second-order valence-corrected chi connectivity index (χ2v) is 5.29. The van der Waals surface area contributed by atoms with Gasteiger partial charge in [-0.1, -0.05) is 12.5 Å². The number of ether oxygens (including phenoxy) is 1. The number of nitrogens with zero attached hydrogens (tertiary/aromatic N) is 1. The van der Waals surface area contributed by atoms with Crippen LogP contribution >= 0.6 is 0 Å². The molecule has 1 amide bonds. The Hall–Kier alpha value is -1.75. The number of hydrogen-bond donors (Lipinski definition) is 2. The van der Waals surface area contributed by atoms with E-state index >= 15 is 0 Å². The highest BCUT2D eigenvalue weighted by molar-refractivity contribution is 5.75. The monoisotopic (exact) mass is 277 g/mol. The van der Waals surface area contributed by atoms with E-state index in [4.69, 9.17) is 10.5 Å². The van der Waals surface area contributed by atoms with Crippen LogP contribution in [0, 0.1) is 0 Å². The van der Waals surface area contributed by atoms with Crippen LogP contribution in [0.2, 0.25) is 0 Å². The summed E-state index contributed by atoms with van der Waals surface area (Å²) in [6.45, 7) is 2.01. The molecular weight excluding hydrogens is 254 g/mol. The van der Waals surface area contributed by atoms with Crippen molar-refractivity contribution in [2.45, 2.75) is 25.3 Å². The minimum atomic E-state index is -0.466. The van der Waals surface area contributed by atoms with Crippen molar-refractivity contribution in [3.63, 3.8) is 0 Å². The van der Waals surface area contributed by atoms with Gasteiger partial charge in [-0.2, -0.15) is 0 Å². The van der Waals surface area contributed by atoms with Gasteiger partial charge in [0.15, 0.2) is 6.61 Å². The molecule has 0 aromatic heterocycles. The Morgan fingerprint density at radius 2 is 2.35 bits per heavy atom. The average Bonchev–Trinajstić information content (AvgIpc) is 2.45. The Balaban J connectivity index is 1.85. The number of primary amides is 1. The molecule has 5 heteroatoms. The minimum absolute atomic E-state index is 0.0885. The molecule has 0 saturated carbocycles. The zero-order valence-electron chi connectivity index (χ0n) is 12.0. The van der Waals surface area contributed by atoms with E-state index in [9.17, 15) is 4.79 Å². The van der Waals surface area contributed by atoms with Crippen LogP contribution < -0.4 is 15.8 Å². The van der Waals surface area contributed by atoms with Crippen molar-refractivity contribution in [3.05, 3.63) is 24.3 Å². The first-order chi connectivity index (χ1) is 9.65. The van der Waals surface area contributed by atoms with Crippen molar-refractivity contribution in [1.82, 2.24) is 4.90 Å². The lowest BCUT2D eigenvalue weighted by Crippen LogP contribution is -2.40. The van der Waals surface area contributed by atoms with Crippen molar-refractivity contribution >= 4 is 11.6 Å². The van der Waals surface area contributed by atoms with E-state index in [1.807, 2.05) is 24.3 Å². The summed E-state index contributed by atoms with van der Waals surface area (Å²) in [5.74, 6) is 0.193. The Bertz CT molecular complexity index is 450. The molecule has 0 radical (unpaired) electrons. The minimum Gasteiger partial charge on any atom is -0.484 e. The lowest BCUT2D eigenvalue weighted by molar-refractivity contribution is -0.119. The number of nitrogens with two attached hydrogens (primary N) is 1. The first-order valence-electron chi connectivity index (χ1n) is 7.10. The number of benzene rings is 1. The molecule has 0 aliphatic carbocycles. The molecule has 2 rings (SSSR count). The number of hydrogen-bond acceptors (Lipinski definition) is 4. The summed E-state index contributed by atoms with van der Waals surface area (Å²) in [5.41, 5.74) is 6.07. The molecule has 20 heavy (non-hydrogen) atoms. The fourth-order valence-corrected chi connectivity index (χ4v) is 2.49. The van der Waals surface area contributed by atoms with Crippen molar-refractivity contribution in [2.24, 2.45) is 5.73 Å². The molecule has 110 valence electrons. The third-order valence-corrected chi connectivity index (χ3v) is 3.68. The first kappa shape index (κ1) is 14.7. The van der Waals surface area contributed by atoms with Crippen LogP contribution in [0.4, 0.5) is 5.69 Å². The fraction of sp³-hybridized carbons (Fsp3) is 0.533. The Labute approximate surface area is 120 Å². The normalized spacial score (nSPS) is 19.6. The van der Waals surface area contributed by atoms with Gasteiger partial charge in [0.2, 0.25) is 0 Å². The quantitative estimate of drug-likeness (QED) is 0.826. The average molecular weight is 277 g/mol. The van der Waals surface area contributed by atoms with Gasteiger partial charge in [-0.15, -0.1) is 0 Å². The summed E-state index contributed by atoms with van der Waals surface area (Å²) >= 11 is 0. The molecule has 5 nitrogen and oxygen atoms in total. The number of amides is 1. The maximum absolute atomic E-state index is 10.7. The van der Waals surface area contributed by atoms with Crippen molar-refractivity contribution in [2.75, 3.05) is 32.1 Å². The van der Waals surface area contributed by atoms with E-state index < -0.39 is 5.91 Å². The maximum atomic E-state index is 10.7. The molecule has 0 spiro atoms. The van der Waals surface area contributed by atoms with E-state index in [1.54, 1.807) is 0 Å². The molecule has 1 unspecified atom stereocenters. The summed E-state index contributed by atoms with van der Waals surface area (Å²) in [6, 6.07) is 8.20. The van der Waals surface area contributed by atoms with Crippen LogP contribution in [-0.2, 0) is 4.79 Å². The molecule has 1 fully saturated rings. The molecule has 1 aliphatic rings. The Kier molecular flexibility index (Phi) is 5.24. The van der Waals surface area contributed by atoms with Crippen molar-refractivity contribution in [1.29, 1.82) is 0 Å². The third kappa shape index (κ3) is 4.42. The largest absolute Gasteiger partial charge is 0.484 e. The lowest BCUT2D eigenvalue weighted by Gasteiger charge is -2.32. The molecule has 1 aromatic rings. The van der Waals surface area contributed by atoms with E-state index in [2.05, 4.69) is 17.3 Å². The van der Waals surface area contributed by atoms with E-state index in [0.29, 0.717) is 11.8 Å². The number of anilines is 1. The SMILES string of the molecule is CN1CCCCC1CNc1cccc(OCC(N)=O)c1. The number of carbonyl (C=O) groups excluding carboxylic acids is 1. The Morgan fingerprint density at radius 3 is 3.10 bits per heavy atom. The summed E-state index contributed by atoms with van der Waals surface area (Å²) in [6.07, 6.45) is 3.84. The number of rotatable bonds is 6. The van der Waals surface area contributed by atoms with Crippen molar-refractivity contribution in [3.8, 4) is 5.75 Å². The predicted molar refractivity (Wildman–Crippen MR) is 79.9 cm³/mol. The number of piperidine rings is 1. The van der Waals surface area contributed by atoms with Gasteiger partial charge in [-0.25, -0.2) is 0 Å². The standard InChI is InChI=1S/C15H23N3O2/c1-18-8-3-2-6-13(18)10-17-12-5-4-7-14(9-12)20-11-15(16)19/h4-5,7,9,13,17H,2-3,6,8,10-11H2,1H3,(H2,16,19). The molecule has 1 aromatic carbocycles. The molecule has 1 aliphatic heterocycles. The van der Waals surface area contributed by atoms with Crippen LogP contribution in [-0.4, -0.2) is 43.6 Å². The molecule has 1 atom stereocenters. The summed E-state index contributed by atoms with van der Waals surface area (Å²) in [7, 11) is 2.18. The summed E-state index contributed by atoms with van der Waals surface area (Å²) in [4.78, 5) is 13.1. The number of nitrogens with one attached hydrogen (secondary N) is 1. The van der Waals surface area contributed by atoms with Gasteiger partial charge in [-0.3, -0.25) is 4.79 Å². The van der Waals surface area contributed by atoms with Gasteiger partial charge < -0.3 is 20.7 Å². The van der Waals surface area contributed by atoms with Crippen molar-refractivity contribution < 1.29 is 9.53 Å². The van der Waals surface area contributed by atoms with E-state index in [0.717, 1.165) is 12.2 Å². The smallest absolute Gasteiger partial charge is 0.255 e. The van der Waals surface area contributed by atoms with Crippen LogP contribution in [0.15, 0.2) is 24.3 Å². The van der Waals surface area contributed by atoms with Gasteiger partial charge in [0.25, 0.3) is 5.91 Å². The summed E-state index contributed by atoms with van der Waals surface area (Å²) in [5, 5.41) is 3.43. The molecular formula is C15H23N3O2. The lowest BCUT2D eigenvalue weighted by atomic mass is 10.0. The number of carbonyl (C=O) groups is 1. The van der Waals surface area contributed by atoms with Crippen LogP contribution in [0.1, 0.15) is 19.3 Å². The zero-order chi connectivity index (χ0) is 14.4. The van der Waals surface area contributed by atoms with Crippen LogP contribution in [0.3, 0.4) is 0 Å². The van der Waals surface area contributed by atoms with Crippen LogP contribution in [0.5, 0.6) is 5.75 Å². The topological polar surface area (TPSA) is 67.6 Å². The molecule has 0 bridgehead atoms.